The normalized spacial score (nSPS) is 11.9. The summed E-state index contributed by atoms with van der Waals surface area (Å²) in [6.07, 6.45) is 0. The van der Waals surface area contributed by atoms with E-state index in [0.717, 1.165) is 0 Å². The minimum atomic E-state index is -0.0411. The van der Waals surface area contributed by atoms with Crippen LogP contribution in [0.1, 0.15) is 19.4 Å². The zero-order chi connectivity index (χ0) is 14.3. The number of hydrogen-bond acceptors (Lipinski definition) is 4. The van der Waals surface area contributed by atoms with E-state index in [0.29, 0.717) is 42.1 Å². The molecule has 1 rings (SSSR count). The fraction of sp³-hybridized carbons (Fsp3) is 0.462. The number of ether oxygens (including phenoxy) is 2. The van der Waals surface area contributed by atoms with E-state index in [2.05, 4.69) is 19.0 Å². The van der Waals surface area contributed by atoms with Gasteiger partial charge in [0.2, 0.25) is 0 Å². The van der Waals surface area contributed by atoms with Gasteiger partial charge < -0.3 is 20.4 Å². The minimum absolute atomic E-state index is 0.0411. The highest BCUT2D eigenvalue weighted by atomic mass is 35.5. The van der Waals surface area contributed by atoms with Crippen molar-refractivity contribution in [1.29, 1.82) is 0 Å². The SMILES string of the molecule is CC(C)COCCOc1ccc(Cl)cc1/C(N)=N/O. The highest BCUT2D eigenvalue weighted by molar-refractivity contribution is 6.31. The van der Waals surface area contributed by atoms with E-state index in [4.69, 9.17) is 32.0 Å². The largest absolute Gasteiger partial charge is 0.490 e. The lowest BCUT2D eigenvalue weighted by Crippen LogP contribution is -2.16. The van der Waals surface area contributed by atoms with Gasteiger partial charge in [0.15, 0.2) is 5.84 Å². The lowest BCUT2D eigenvalue weighted by molar-refractivity contribution is 0.0818. The van der Waals surface area contributed by atoms with E-state index in [1.54, 1.807) is 18.2 Å². The second-order valence-corrected chi connectivity index (χ2v) is 4.88. The van der Waals surface area contributed by atoms with Gasteiger partial charge in [-0.2, -0.15) is 0 Å². The van der Waals surface area contributed by atoms with Crippen molar-refractivity contribution in [1.82, 2.24) is 0 Å². The summed E-state index contributed by atoms with van der Waals surface area (Å²) in [7, 11) is 0. The van der Waals surface area contributed by atoms with Crippen LogP contribution in [-0.4, -0.2) is 30.9 Å². The molecule has 106 valence electrons. The molecule has 3 N–H and O–H groups in total. The third kappa shape index (κ3) is 5.36. The van der Waals surface area contributed by atoms with E-state index in [9.17, 15) is 0 Å². The number of oxime groups is 1. The van der Waals surface area contributed by atoms with Crippen molar-refractivity contribution in [3.8, 4) is 5.75 Å². The Morgan fingerprint density at radius 1 is 1.42 bits per heavy atom. The fourth-order valence-corrected chi connectivity index (χ4v) is 1.58. The van der Waals surface area contributed by atoms with Crippen LogP contribution in [0, 0.1) is 5.92 Å². The molecule has 0 fully saturated rings. The van der Waals surface area contributed by atoms with E-state index in [-0.39, 0.29) is 5.84 Å². The van der Waals surface area contributed by atoms with Crippen LogP contribution in [0.5, 0.6) is 5.75 Å². The molecule has 5 nitrogen and oxygen atoms in total. The minimum Gasteiger partial charge on any atom is -0.490 e. The second-order valence-electron chi connectivity index (χ2n) is 4.44. The van der Waals surface area contributed by atoms with Crippen LogP contribution in [0.3, 0.4) is 0 Å². The summed E-state index contributed by atoms with van der Waals surface area (Å²) in [6.45, 7) is 5.72. The third-order valence-electron chi connectivity index (χ3n) is 2.26. The molecule has 6 heteroatoms. The average molecular weight is 287 g/mol. The molecule has 0 amide bonds. The molecule has 0 spiro atoms. The smallest absolute Gasteiger partial charge is 0.173 e. The summed E-state index contributed by atoms with van der Waals surface area (Å²) in [5, 5.41) is 12.2. The molecule has 0 heterocycles. The monoisotopic (exact) mass is 286 g/mol. The molecule has 0 saturated carbocycles. The van der Waals surface area contributed by atoms with Crippen LogP contribution in [0.25, 0.3) is 0 Å². The maximum atomic E-state index is 8.71. The van der Waals surface area contributed by atoms with Gasteiger partial charge in [0.05, 0.1) is 12.2 Å². The van der Waals surface area contributed by atoms with Crippen LogP contribution in [0.15, 0.2) is 23.4 Å². The molecule has 1 aromatic carbocycles. The van der Waals surface area contributed by atoms with Crippen molar-refractivity contribution in [2.45, 2.75) is 13.8 Å². The molecule has 19 heavy (non-hydrogen) atoms. The van der Waals surface area contributed by atoms with E-state index in [1.165, 1.54) is 0 Å². The maximum Gasteiger partial charge on any atom is 0.173 e. The van der Waals surface area contributed by atoms with Gasteiger partial charge in [-0.3, -0.25) is 0 Å². The van der Waals surface area contributed by atoms with Crippen molar-refractivity contribution < 1.29 is 14.7 Å². The quantitative estimate of drug-likeness (QED) is 0.265. The first-order chi connectivity index (χ1) is 9.04. The molecule has 0 unspecified atom stereocenters. The molecule has 0 aliphatic carbocycles. The Kier molecular flexibility index (Phi) is 6.45. The van der Waals surface area contributed by atoms with E-state index in [1.807, 2.05) is 0 Å². The Morgan fingerprint density at radius 2 is 2.16 bits per heavy atom. The standard InChI is InChI=1S/C13H19ClN2O3/c1-9(2)8-18-5-6-19-12-4-3-10(14)7-11(12)13(15)16-17/h3-4,7,9,17H,5-6,8H2,1-2H3,(H2,15,16). The molecule has 0 bridgehead atoms. The van der Waals surface area contributed by atoms with Crippen molar-refractivity contribution in [3.05, 3.63) is 28.8 Å². The highest BCUT2D eigenvalue weighted by Gasteiger charge is 2.09. The molecule has 0 aromatic heterocycles. The molecule has 0 atom stereocenters. The van der Waals surface area contributed by atoms with Crippen molar-refractivity contribution in [2.24, 2.45) is 16.8 Å². The Labute approximate surface area is 117 Å². The zero-order valence-corrected chi connectivity index (χ0v) is 11.9. The second kappa shape index (κ2) is 7.86. The third-order valence-corrected chi connectivity index (χ3v) is 2.50. The molecule has 0 aliphatic rings. The number of nitrogens with zero attached hydrogens (tertiary/aromatic N) is 1. The molecular formula is C13H19ClN2O3. The summed E-state index contributed by atoms with van der Waals surface area (Å²) in [5.74, 6) is 0.955. The first kappa shape index (κ1) is 15.6. The fourth-order valence-electron chi connectivity index (χ4n) is 1.41. The van der Waals surface area contributed by atoms with E-state index < -0.39 is 0 Å². The van der Waals surface area contributed by atoms with Gasteiger partial charge in [0.25, 0.3) is 0 Å². The summed E-state index contributed by atoms with van der Waals surface area (Å²) in [5.41, 5.74) is 6.02. The van der Waals surface area contributed by atoms with Crippen LogP contribution in [0.2, 0.25) is 5.02 Å². The van der Waals surface area contributed by atoms with E-state index >= 15 is 0 Å². The van der Waals surface area contributed by atoms with Gasteiger partial charge in [0.1, 0.15) is 12.4 Å². The lowest BCUT2D eigenvalue weighted by Gasteiger charge is -2.12. The zero-order valence-electron chi connectivity index (χ0n) is 11.1. The maximum absolute atomic E-state index is 8.71. The Hall–Kier alpha value is -1.46. The molecule has 0 saturated heterocycles. The van der Waals surface area contributed by atoms with Gasteiger partial charge >= 0.3 is 0 Å². The molecule has 1 aromatic rings. The highest BCUT2D eigenvalue weighted by Crippen LogP contribution is 2.22. The van der Waals surface area contributed by atoms with Crippen molar-refractivity contribution >= 4 is 17.4 Å². The summed E-state index contributed by atoms with van der Waals surface area (Å²) in [4.78, 5) is 0. The first-order valence-electron chi connectivity index (χ1n) is 6.02. The van der Waals surface area contributed by atoms with Gasteiger partial charge in [-0.1, -0.05) is 30.6 Å². The van der Waals surface area contributed by atoms with Gasteiger partial charge in [0, 0.05) is 11.6 Å². The number of hydrogen-bond donors (Lipinski definition) is 2. The van der Waals surface area contributed by atoms with Gasteiger partial charge in [-0.15, -0.1) is 0 Å². The van der Waals surface area contributed by atoms with Crippen LogP contribution in [0.4, 0.5) is 0 Å². The summed E-state index contributed by atoms with van der Waals surface area (Å²) >= 11 is 5.86. The Bertz CT molecular complexity index is 436. The number of nitrogens with two attached hydrogens (primary N) is 1. The van der Waals surface area contributed by atoms with Gasteiger partial charge in [-0.25, -0.2) is 0 Å². The Morgan fingerprint density at radius 3 is 2.79 bits per heavy atom. The predicted octanol–water partition coefficient (Wildman–Crippen LogP) is 2.49. The topological polar surface area (TPSA) is 77.1 Å². The molecular weight excluding hydrogens is 268 g/mol. The van der Waals surface area contributed by atoms with Crippen molar-refractivity contribution in [3.63, 3.8) is 0 Å². The number of benzene rings is 1. The number of halogens is 1. The van der Waals surface area contributed by atoms with Crippen LogP contribution < -0.4 is 10.5 Å². The van der Waals surface area contributed by atoms with Crippen LogP contribution in [-0.2, 0) is 4.74 Å². The lowest BCUT2D eigenvalue weighted by atomic mass is 10.2. The number of rotatable bonds is 7. The molecule has 0 aliphatic heterocycles. The predicted molar refractivity (Wildman–Crippen MR) is 75.1 cm³/mol. The van der Waals surface area contributed by atoms with Gasteiger partial charge in [-0.05, 0) is 24.1 Å². The Balaban J connectivity index is 2.58. The summed E-state index contributed by atoms with van der Waals surface area (Å²) < 4.78 is 10.9. The summed E-state index contributed by atoms with van der Waals surface area (Å²) in [6, 6.07) is 4.94. The van der Waals surface area contributed by atoms with Crippen molar-refractivity contribution in [2.75, 3.05) is 19.8 Å². The molecule has 0 radical (unpaired) electrons. The van der Waals surface area contributed by atoms with Crippen LogP contribution >= 0.6 is 11.6 Å². The average Bonchev–Trinajstić information content (AvgIpc) is 2.38. The number of amidine groups is 1. The first-order valence-corrected chi connectivity index (χ1v) is 6.40.